The summed E-state index contributed by atoms with van der Waals surface area (Å²) >= 11 is 0. The molecule has 140 valence electrons. The molecular weight excluding hydrogens is 328 g/mol. The smallest absolute Gasteiger partial charge is 0.276 e. The zero-order chi connectivity index (χ0) is 18.5. The van der Waals surface area contributed by atoms with Crippen LogP contribution in [0.15, 0.2) is 18.3 Å². The SMILES string of the molecule is Cc1cc(C)nc(CN(C)C(=O)c2cn(CC[C@@H]3CCCCN3)nn2)c1. The fourth-order valence-electron chi connectivity index (χ4n) is 3.48. The minimum atomic E-state index is -0.131. The number of aromatic nitrogens is 4. The molecule has 0 unspecified atom stereocenters. The topological polar surface area (TPSA) is 75.9 Å². The largest absolute Gasteiger partial charge is 0.334 e. The number of rotatable bonds is 6. The third-order valence-corrected chi connectivity index (χ3v) is 4.77. The van der Waals surface area contributed by atoms with Crippen molar-refractivity contribution in [3.05, 3.63) is 41.0 Å². The first-order valence-electron chi connectivity index (χ1n) is 9.34. The van der Waals surface area contributed by atoms with Gasteiger partial charge in [-0.15, -0.1) is 5.10 Å². The van der Waals surface area contributed by atoms with Crippen LogP contribution in [0.25, 0.3) is 0 Å². The van der Waals surface area contributed by atoms with Crippen LogP contribution in [-0.2, 0) is 13.1 Å². The zero-order valence-corrected chi connectivity index (χ0v) is 15.9. The van der Waals surface area contributed by atoms with Crippen LogP contribution in [0.2, 0.25) is 0 Å². The van der Waals surface area contributed by atoms with E-state index >= 15 is 0 Å². The molecule has 0 bridgehead atoms. The molecule has 0 aromatic carbocycles. The number of piperidine rings is 1. The monoisotopic (exact) mass is 356 g/mol. The summed E-state index contributed by atoms with van der Waals surface area (Å²) in [6, 6.07) is 4.58. The van der Waals surface area contributed by atoms with Gasteiger partial charge in [-0.3, -0.25) is 14.5 Å². The Kier molecular flexibility index (Phi) is 5.98. The van der Waals surface area contributed by atoms with E-state index in [1.807, 2.05) is 26.0 Å². The van der Waals surface area contributed by atoms with Crippen molar-refractivity contribution in [3.63, 3.8) is 0 Å². The van der Waals surface area contributed by atoms with Crippen molar-refractivity contribution < 1.29 is 4.79 Å². The number of amides is 1. The van der Waals surface area contributed by atoms with Crippen molar-refractivity contribution >= 4 is 5.91 Å². The van der Waals surface area contributed by atoms with Gasteiger partial charge in [0.1, 0.15) is 0 Å². The summed E-state index contributed by atoms with van der Waals surface area (Å²) in [5.74, 6) is -0.131. The van der Waals surface area contributed by atoms with E-state index in [4.69, 9.17) is 0 Å². The molecule has 1 fully saturated rings. The van der Waals surface area contributed by atoms with Gasteiger partial charge in [-0.05, 0) is 57.4 Å². The highest BCUT2D eigenvalue weighted by atomic mass is 16.2. The summed E-state index contributed by atoms with van der Waals surface area (Å²) in [7, 11) is 1.77. The molecule has 7 nitrogen and oxygen atoms in total. The van der Waals surface area contributed by atoms with Gasteiger partial charge >= 0.3 is 0 Å². The quantitative estimate of drug-likeness (QED) is 0.858. The third-order valence-electron chi connectivity index (χ3n) is 4.77. The fourth-order valence-corrected chi connectivity index (χ4v) is 3.48. The van der Waals surface area contributed by atoms with Crippen LogP contribution in [0.3, 0.4) is 0 Å². The molecule has 0 spiro atoms. The molecule has 1 aliphatic rings. The van der Waals surface area contributed by atoms with Crippen molar-refractivity contribution in [2.45, 2.75) is 58.7 Å². The molecule has 2 aromatic rings. The van der Waals surface area contributed by atoms with Crippen molar-refractivity contribution in [2.75, 3.05) is 13.6 Å². The van der Waals surface area contributed by atoms with E-state index in [9.17, 15) is 4.79 Å². The van der Waals surface area contributed by atoms with Crippen LogP contribution in [0.1, 0.15) is 53.1 Å². The molecule has 3 heterocycles. The number of hydrogen-bond donors (Lipinski definition) is 1. The molecule has 0 saturated carbocycles. The van der Waals surface area contributed by atoms with Gasteiger partial charge in [-0.2, -0.15) is 0 Å². The second-order valence-electron chi connectivity index (χ2n) is 7.24. The maximum atomic E-state index is 12.6. The first-order valence-corrected chi connectivity index (χ1v) is 9.34. The summed E-state index contributed by atoms with van der Waals surface area (Å²) in [6.07, 6.45) is 6.53. The predicted octanol–water partition coefficient (Wildman–Crippen LogP) is 2.09. The Balaban J connectivity index is 1.56. The molecule has 1 aliphatic heterocycles. The first kappa shape index (κ1) is 18.5. The van der Waals surface area contributed by atoms with Gasteiger partial charge in [0.15, 0.2) is 5.69 Å². The Labute approximate surface area is 154 Å². The maximum absolute atomic E-state index is 12.6. The lowest BCUT2D eigenvalue weighted by atomic mass is 10.0. The first-order chi connectivity index (χ1) is 12.5. The summed E-state index contributed by atoms with van der Waals surface area (Å²) in [5, 5.41) is 11.7. The van der Waals surface area contributed by atoms with Crippen LogP contribution in [0, 0.1) is 13.8 Å². The molecule has 26 heavy (non-hydrogen) atoms. The van der Waals surface area contributed by atoms with Gasteiger partial charge in [-0.1, -0.05) is 11.6 Å². The van der Waals surface area contributed by atoms with E-state index in [-0.39, 0.29) is 5.91 Å². The Hall–Kier alpha value is -2.28. The highest BCUT2D eigenvalue weighted by Gasteiger charge is 2.18. The van der Waals surface area contributed by atoms with Crippen LogP contribution >= 0.6 is 0 Å². The third kappa shape index (κ3) is 4.88. The lowest BCUT2D eigenvalue weighted by Crippen LogP contribution is -2.34. The summed E-state index contributed by atoms with van der Waals surface area (Å²) in [6.45, 7) is 6.33. The molecule has 0 radical (unpaired) electrons. The molecule has 7 heteroatoms. The number of aryl methyl sites for hydroxylation is 3. The predicted molar refractivity (Wildman–Crippen MR) is 99.8 cm³/mol. The lowest BCUT2D eigenvalue weighted by molar-refractivity contribution is 0.0777. The zero-order valence-electron chi connectivity index (χ0n) is 15.9. The van der Waals surface area contributed by atoms with E-state index in [1.54, 1.807) is 22.8 Å². The molecule has 3 rings (SSSR count). The highest BCUT2D eigenvalue weighted by Crippen LogP contribution is 2.12. The Bertz CT molecular complexity index is 730. The normalized spacial score (nSPS) is 17.3. The van der Waals surface area contributed by atoms with E-state index in [0.29, 0.717) is 18.3 Å². The minimum absolute atomic E-state index is 0.131. The van der Waals surface area contributed by atoms with Gasteiger partial charge in [0.2, 0.25) is 0 Å². The number of carbonyl (C=O) groups excluding carboxylic acids is 1. The van der Waals surface area contributed by atoms with Gasteiger partial charge in [-0.25, -0.2) is 0 Å². The number of pyridine rings is 1. The Morgan fingerprint density at radius 3 is 2.92 bits per heavy atom. The number of nitrogens with one attached hydrogen (secondary N) is 1. The van der Waals surface area contributed by atoms with Gasteiger partial charge < -0.3 is 10.2 Å². The van der Waals surface area contributed by atoms with Gasteiger partial charge in [0, 0.05) is 25.3 Å². The van der Waals surface area contributed by atoms with Gasteiger partial charge in [0.25, 0.3) is 5.91 Å². The van der Waals surface area contributed by atoms with E-state index in [1.165, 1.54) is 19.3 Å². The molecule has 0 aliphatic carbocycles. The van der Waals surface area contributed by atoms with Gasteiger partial charge in [0.05, 0.1) is 18.4 Å². The second-order valence-corrected chi connectivity index (χ2v) is 7.24. The average molecular weight is 356 g/mol. The number of carbonyl (C=O) groups is 1. The number of hydrogen-bond acceptors (Lipinski definition) is 5. The fraction of sp³-hybridized carbons (Fsp3) is 0.579. The van der Waals surface area contributed by atoms with E-state index in [0.717, 1.165) is 36.5 Å². The summed E-state index contributed by atoms with van der Waals surface area (Å²) in [5.41, 5.74) is 3.38. The minimum Gasteiger partial charge on any atom is -0.334 e. The summed E-state index contributed by atoms with van der Waals surface area (Å²) < 4.78 is 1.77. The second kappa shape index (κ2) is 8.40. The maximum Gasteiger partial charge on any atom is 0.276 e. The molecule has 1 amide bonds. The molecule has 1 atom stereocenters. The van der Waals surface area contributed by atoms with Crippen molar-refractivity contribution in [1.29, 1.82) is 0 Å². The van der Waals surface area contributed by atoms with Crippen LogP contribution in [-0.4, -0.2) is 50.4 Å². The standard InChI is InChI=1S/C19H28N6O/c1-14-10-15(2)21-17(11-14)12-24(3)19(26)18-13-25(23-22-18)9-7-16-6-4-5-8-20-16/h10-11,13,16,20H,4-9,12H2,1-3H3/t16-/m0/s1. The van der Waals surface area contributed by atoms with E-state index < -0.39 is 0 Å². The molecule has 1 saturated heterocycles. The molecule has 1 N–H and O–H groups in total. The van der Waals surface area contributed by atoms with Crippen molar-refractivity contribution in [2.24, 2.45) is 0 Å². The average Bonchev–Trinajstić information content (AvgIpc) is 3.08. The van der Waals surface area contributed by atoms with Crippen LogP contribution in [0.5, 0.6) is 0 Å². The lowest BCUT2D eigenvalue weighted by Gasteiger charge is -2.23. The molecular formula is C19H28N6O. The number of nitrogens with zero attached hydrogens (tertiary/aromatic N) is 5. The summed E-state index contributed by atoms with van der Waals surface area (Å²) in [4.78, 5) is 18.7. The van der Waals surface area contributed by atoms with Crippen LogP contribution in [0.4, 0.5) is 0 Å². The van der Waals surface area contributed by atoms with Crippen LogP contribution < -0.4 is 5.32 Å². The van der Waals surface area contributed by atoms with E-state index in [2.05, 4.69) is 20.6 Å². The molecule has 2 aromatic heterocycles. The highest BCUT2D eigenvalue weighted by molar-refractivity contribution is 5.91. The Morgan fingerprint density at radius 2 is 2.19 bits per heavy atom. The van der Waals surface area contributed by atoms with Crippen molar-refractivity contribution in [1.82, 2.24) is 30.2 Å². The van der Waals surface area contributed by atoms with Crippen molar-refractivity contribution in [3.8, 4) is 0 Å². The Morgan fingerprint density at radius 1 is 1.35 bits per heavy atom.